The first kappa shape index (κ1) is 11.9. The van der Waals surface area contributed by atoms with E-state index in [4.69, 9.17) is 17.4 Å². The minimum Gasteiger partial charge on any atom is -0.329 e. The van der Waals surface area contributed by atoms with Crippen molar-refractivity contribution in [3.05, 3.63) is 41.1 Å². The van der Waals surface area contributed by atoms with Gasteiger partial charge in [-0.1, -0.05) is 18.5 Å². The summed E-state index contributed by atoms with van der Waals surface area (Å²) >= 11 is 6.10. The van der Waals surface area contributed by atoms with Crippen molar-refractivity contribution in [1.82, 2.24) is 14.5 Å². The van der Waals surface area contributed by atoms with E-state index in [1.54, 1.807) is 18.3 Å². The summed E-state index contributed by atoms with van der Waals surface area (Å²) in [4.78, 5) is 8.58. The van der Waals surface area contributed by atoms with Gasteiger partial charge in [-0.3, -0.25) is 0 Å². The van der Waals surface area contributed by atoms with E-state index < -0.39 is 0 Å². The number of aromatic nitrogens is 3. The van der Waals surface area contributed by atoms with Crippen LogP contribution in [0.2, 0.25) is 5.02 Å². The topological polar surface area (TPSA) is 68.8 Å². The van der Waals surface area contributed by atoms with E-state index in [0.717, 1.165) is 17.9 Å². The Morgan fingerprint density at radius 3 is 3.00 bits per heavy atom. The molecule has 0 aromatic carbocycles. The van der Waals surface area contributed by atoms with E-state index in [-0.39, 0.29) is 0 Å². The molecule has 0 fully saturated rings. The van der Waals surface area contributed by atoms with Gasteiger partial charge in [-0.05, 0) is 12.1 Å². The fourth-order valence-electron chi connectivity index (χ4n) is 1.64. The van der Waals surface area contributed by atoms with Crippen LogP contribution in [0.5, 0.6) is 0 Å². The van der Waals surface area contributed by atoms with Crippen LogP contribution in [-0.4, -0.2) is 14.5 Å². The Labute approximate surface area is 105 Å². The summed E-state index contributed by atoms with van der Waals surface area (Å²) in [5.74, 6) is 6.93. The summed E-state index contributed by atoms with van der Waals surface area (Å²) in [6.45, 7) is 2.66. The molecular formula is C11H14ClN5. The number of hydrazine groups is 1. The van der Waals surface area contributed by atoms with Crippen LogP contribution in [0.15, 0.2) is 24.5 Å². The molecule has 0 aliphatic heterocycles. The first-order valence-electron chi connectivity index (χ1n) is 5.36. The number of imidazole rings is 1. The molecule has 0 amide bonds. The predicted octanol–water partition coefficient (Wildman–Crippen LogP) is 1.83. The lowest BCUT2D eigenvalue weighted by Gasteiger charge is -2.09. The summed E-state index contributed by atoms with van der Waals surface area (Å²) in [5.41, 5.74) is 3.28. The Hall–Kier alpha value is -1.59. The predicted molar refractivity (Wildman–Crippen MR) is 67.8 cm³/mol. The highest BCUT2D eigenvalue weighted by Crippen LogP contribution is 2.18. The van der Waals surface area contributed by atoms with E-state index in [0.29, 0.717) is 17.4 Å². The van der Waals surface area contributed by atoms with Gasteiger partial charge in [0.1, 0.15) is 11.6 Å². The average Bonchev–Trinajstić information content (AvgIpc) is 2.79. The SMILES string of the molecule is CCc1nccn1Cc1nc(NN)ccc1Cl. The molecule has 0 saturated heterocycles. The fourth-order valence-corrected chi connectivity index (χ4v) is 1.80. The zero-order valence-corrected chi connectivity index (χ0v) is 10.3. The molecule has 6 heteroatoms. The van der Waals surface area contributed by atoms with E-state index in [9.17, 15) is 0 Å². The number of nitrogens with zero attached hydrogens (tertiary/aromatic N) is 3. The van der Waals surface area contributed by atoms with Crippen molar-refractivity contribution in [1.29, 1.82) is 0 Å². The minimum atomic E-state index is 0.595. The first-order chi connectivity index (χ1) is 8.24. The smallest absolute Gasteiger partial charge is 0.140 e. The van der Waals surface area contributed by atoms with Crippen LogP contribution >= 0.6 is 11.6 Å². The molecule has 2 heterocycles. The van der Waals surface area contributed by atoms with Crippen molar-refractivity contribution >= 4 is 17.4 Å². The molecule has 0 unspecified atom stereocenters. The van der Waals surface area contributed by atoms with E-state index in [1.807, 2.05) is 10.8 Å². The molecule has 2 aromatic rings. The molecule has 90 valence electrons. The molecule has 0 atom stereocenters. The summed E-state index contributed by atoms with van der Waals surface area (Å²) in [7, 11) is 0. The van der Waals surface area contributed by atoms with Crippen molar-refractivity contribution in [2.24, 2.45) is 5.84 Å². The zero-order valence-electron chi connectivity index (χ0n) is 9.52. The van der Waals surface area contributed by atoms with Crippen LogP contribution in [0.1, 0.15) is 18.4 Å². The van der Waals surface area contributed by atoms with Crippen LogP contribution in [0.4, 0.5) is 5.82 Å². The molecule has 0 saturated carbocycles. The number of nitrogen functional groups attached to an aromatic ring is 1. The maximum Gasteiger partial charge on any atom is 0.140 e. The molecule has 5 nitrogen and oxygen atoms in total. The van der Waals surface area contributed by atoms with E-state index in [1.165, 1.54) is 0 Å². The first-order valence-corrected chi connectivity index (χ1v) is 5.74. The van der Waals surface area contributed by atoms with Crippen LogP contribution in [0, 0.1) is 0 Å². The van der Waals surface area contributed by atoms with E-state index >= 15 is 0 Å². The van der Waals surface area contributed by atoms with Gasteiger partial charge >= 0.3 is 0 Å². The molecule has 0 aliphatic rings. The minimum absolute atomic E-state index is 0.595. The lowest BCUT2D eigenvalue weighted by atomic mass is 10.3. The molecule has 0 bridgehead atoms. The van der Waals surface area contributed by atoms with Crippen LogP contribution in [0.25, 0.3) is 0 Å². The number of rotatable bonds is 4. The molecule has 0 radical (unpaired) electrons. The number of nitrogens with one attached hydrogen (secondary N) is 1. The number of hydrogen-bond donors (Lipinski definition) is 2. The van der Waals surface area contributed by atoms with Gasteiger partial charge in [-0.2, -0.15) is 0 Å². The second kappa shape index (κ2) is 5.16. The number of pyridine rings is 1. The lowest BCUT2D eigenvalue weighted by molar-refractivity contribution is 0.717. The standard InChI is InChI=1S/C11H14ClN5/c1-2-11-14-5-6-17(11)7-9-8(12)3-4-10(15-9)16-13/h3-6H,2,7,13H2,1H3,(H,15,16). The highest BCUT2D eigenvalue weighted by atomic mass is 35.5. The van der Waals surface area contributed by atoms with Crippen molar-refractivity contribution < 1.29 is 0 Å². The third-order valence-corrected chi connectivity index (χ3v) is 2.85. The number of anilines is 1. The van der Waals surface area contributed by atoms with Gasteiger partial charge < -0.3 is 9.99 Å². The van der Waals surface area contributed by atoms with Crippen molar-refractivity contribution in [2.45, 2.75) is 19.9 Å². The number of aryl methyl sites for hydroxylation is 1. The van der Waals surface area contributed by atoms with Gasteiger partial charge in [0.15, 0.2) is 0 Å². The normalized spacial score (nSPS) is 10.5. The molecule has 2 rings (SSSR count). The fraction of sp³-hybridized carbons (Fsp3) is 0.273. The van der Waals surface area contributed by atoms with Gasteiger partial charge in [0, 0.05) is 18.8 Å². The third-order valence-electron chi connectivity index (χ3n) is 2.50. The van der Waals surface area contributed by atoms with Gasteiger partial charge in [0.2, 0.25) is 0 Å². The molecule has 0 aliphatic carbocycles. The molecule has 3 N–H and O–H groups in total. The average molecular weight is 252 g/mol. The quantitative estimate of drug-likeness (QED) is 0.643. The zero-order chi connectivity index (χ0) is 12.3. The van der Waals surface area contributed by atoms with Crippen molar-refractivity contribution in [3.63, 3.8) is 0 Å². The second-order valence-corrected chi connectivity index (χ2v) is 4.00. The highest BCUT2D eigenvalue weighted by Gasteiger charge is 2.07. The van der Waals surface area contributed by atoms with Gasteiger partial charge in [-0.15, -0.1) is 0 Å². The molecule has 2 aromatic heterocycles. The van der Waals surface area contributed by atoms with Crippen LogP contribution in [0.3, 0.4) is 0 Å². The summed E-state index contributed by atoms with van der Waals surface area (Å²) in [6.07, 6.45) is 4.57. The largest absolute Gasteiger partial charge is 0.329 e. The van der Waals surface area contributed by atoms with Gasteiger partial charge in [0.25, 0.3) is 0 Å². The Morgan fingerprint density at radius 1 is 1.47 bits per heavy atom. The monoisotopic (exact) mass is 251 g/mol. The summed E-state index contributed by atoms with van der Waals surface area (Å²) < 4.78 is 2.02. The maximum absolute atomic E-state index is 6.10. The Bertz CT molecular complexity index is 508. The van der Waals surface area contributed by atoms with E-state index in [2.05, 4.69) is 22.3 Å². The number of halogens is 1. The Kier molecular flexibility index (Phi) is 3.61. The van der Waals surface area contributed by atoms with Gasteiger partial charge in [0.05, 0.1) is 17.3 Å². The summed E-state index contributed by atoms with van der Waals surface area (Å²) in [5, 5.41) is 0.625. The number of hydrogen-bond acceptors (Lipinski definition) is 4. The molecule has 0 spiro atoms. The summed E-state index contributed by atoms with van der Waals surface area (Å²) in [6, 6.07) is 3.52. The van der Waals surface area contributed by atoms with Crippen LogP contribution in [-0.2, 0) is 13.0 Å². The Morgan fingerprint density at radius 2 is 2.29 bits per heavy atom. The Balaban J connectivity index is 2.29. The molecular weight excluding hydrogens is 238 g/mol. The van der Waals surface area contributed by atoms with Crippen LogP contribution < -0.4 is 11.3 Å². The number of nitrogens with two attached hydrogens (primary N) is 1. The lowest BCUT2D eigenvalue weighted by Crippen LogP contribution is -2.11. The van der Waals surface area contributed by atoms with Crippen molar-refractivity contribution in [2.75, 3.05) is 5.43 Å². The second-order valence-electron chi connectivity index (χ2n) is 3.59. The third kappa shape index (κ3) is 2.57. The highest BCUT2D eigenvalue weighted by molar-refractivity contribution is 6.31. The van der Waals surface area contributed by atoms with Gasteiger partial charge in [-0.25, -0.2) is 15.8 Å². The van der Waals surface area contributed by atoms with Crippen molar-refractivity contribution in [3.8, 4) is 0 Å². The maximum atomic E-state index is 6.10. The molecule has 17 heavy (non-hydrogen) atoms.